The Kier molecular flexibility index (Phi) is 6.44. The minimum absolute atomic E-state index is 0.0633. The third-order valence-corrected chi connectivity index (χ3v) is 3.45. The van der Waals surface area contributed by atoms with Gasteiger partial charge in [0.05, 0.1) is 0 Å². The van der Waals surface area contributed by atoms with Gasteiger partial charge in [-0.05, 0) is 32.6 Å². The number of piperidine rings is 1. The zero-order valence-corrected chi connectivity index (χ0v) is 11.9. The number of carboxylic acid groups (broad SMARTS) is 1. The summed E-state index contributed by atoms with van der Waals surface area (Å²) in [5.74, 6) is -1.45. The first-order chi connectivity index (χ1) is 9.70. The Morgan fingerprint density at radius 3 is 2.62 bits per heavy atom. The molecule has 0 aromatic heterocycles. The second kappa shape index (κ2) is 7.63. The molecule has 1 fully saturated rings. The third-order valence-electron chi connectivity index (χ3n) is 3.45. The maximum absolute atomic E-state index is 12.2. The predicted octanol–water partition coefficient (Wildman–Crippen LogP) is 2.20. The van der Waals surface area contributed by atoms with Crippen LogP contribution in [0.15, 0.2) is 0 Å². The van der Waals surface area contributed by atoms with Crippen molar-refractivity contribution in [3.8, 4) is 0 Å². The molecule has 0 spiro atoms. The van der Waals surface area contributed by atoms with Crippen LogP contribution < -0.4 is 0 Å². The number of ether oxygens (including phenoxy) is 1. The molecule has 1 heterocycles. The molecular formula is C13H20F3NO4. The first-order valence-corrected chi connectivity index (χ1v) is 6.91. The lowest BCUT2D eigenvalue weighted by atomic mass is 9.97. The molecule has 0 radical (unpaired) electrons. The van der Waals surface area contributed by atoms with Gasteiger partial charge in [-0.1, -0.05) is 0 Å². The molecule has 1 aliphatic rings. The van der Waals surface area contributed by atoms with Crippen molar-refractivity contribution < 1.29 is 32.6 Å². The number of carbonyl (C=O) groups is 2. The molecule has 1 aliphatic heterocycles. The van der Waals surface area contributed by atoms with Gasteiger partial charge in [-0.3, -0.25) is 9.59 Å². The summed E-state index contributed by atoms with van der Waals surface area (Å²) in [5.41, 5.74) is 0. The Morgan fingerprint density at radius 2 is 2.05 bits per heavy atom. The quantitative estimate of drug-likeness (QED) is 0.816. The van der Waals surface area contributed by atoms with E-state index in [0.29, 0.717) is 19.4 Å². The molecule has 1 saturated heterocycles. The van der Waals surface area contributed by atoms with Gasteiger partial charge in [0.1, 0.15) is 12.7 Å². The van der Waals surface area contributed by atoms with Crippen molar-refractivity contribution in [2.45, 2.75) is 57.3 Å². The summed E-state index contributed by atoms with van der Waals surface area (Å²) in [4.78, 5) is 24.2. The smallest absolute Gasteiger partial charge is 0.411 e. The Morgan fingerprint density at radius 1 is 1.38 bits per heavy atom. The van der Waals surface area contributed by atoms with Crippen LogP contribution in [0, 0.1) is 0 Å². The molecule has 1 rings (SSSR count). The largest absolute Gasteiger partial charge is 0.481 e. The number of alkyl halides is 3. The molecule has 21 heavy (non-hydrogen) atoms. The molecule has 0 aromatic rings. The number of hydrogen-bond acceptors (Lipinski definition) is 3. The Hall–Kier alpha value is -1.31. The maximum atomic E-state index is 12.2. The zero-order chi connectivity index (χ0) is 16.0. The van der Waals surface area contributed by atoms with Crippen molar-refractivity contribution in [1.29, 1.82) is 0 Å². The molecule has 1 N–H and O–H groups in total. The fourth-order valence-corrected chi connectivity index (χ4v) is 2.41. The van der Waals surface area contributed by atoms with Crippen LogP contribution >= 0.6 is 0 Å². The van der Waals surface area contributed by atoms with E-state index in [2.05, 4.69) is 4.74 Å². The van der Waals surface area contributed by atoms with Crippen molar-refractivity contribution in [1.82, 2.24) is 4.90 Å². The molecule has 0 saturated carbocycles. The lowest BCUT2D eigenvalue weighted by Crippen LogP contribution is -2.48. The standard InChI is InChI=1S/C13H20F3NO4/c1-9(21-8-13(14,15)16)12(20)17-7-3-2-4-10(17)5-6-11(18)19/h9-10H,2-8H2,1H3,(H,18,19). The molecule has 0 aliphatic carbocycles. The number of hydrogen-bond donors (Lipinski definition) is 1. The fourth-order valence-electron chi connectivity index (χ4n) is 2.41. The minimum Gasteiger partial charge on any atom is -0.481 e. The summed E-state index contributed by atoms with van der Waals surface area (Å²) in [7, 11) is 0. The van der Waals surface area contributed by atoms with E-state index in [1.807, 2.05) is 0 Å². The van der Waals surface area contributed by atoms with Gasteiger partial charge in [-0.15, -0.1) is 0 Å². The van der Waals surface area contributed by atoms with Crippen molar-refractivity contribution >= 4 is 11.9 Å². The summed E-state index contributed by atoms with van der Waals surface area (Å²) in [6, 6.07) is -0.237. The van der Waals surface area contributed by atoms with Gasteiger partial charge in [0, 0.05) is 19.0 Å². The van der Waals surface area contributed by atoms with Gasteiger partial charge in [0.15, 0.2) is 0 Å². The Bertz CT molecular complexity index is 373. The van der Waals surface area contributed by atoms with Gasteiger partial charge < -0.3 is 14.7 Å². The summed E-state index contributed by atoms with van der Waals surface area (Å²) in [6.07, 6.45) is -3.09. The van der Waals surface area contributed by atoms with E-state index in [4.69, 9.17) is 5.11 Å². The topological polar surface area (TPSA) is 66.8 Å². The van der Waals surface area contributed by atoms with E-state index in [1.54, 1.807) is 0 Å². The number of aliphatic carboxylic acids is 1. The van der Waals surface area contributed by atoms with Crippen LogP contribution in [0.3, 0.4) is 0 Å². The molecule has 0 aromatic carbocycles. The lowest BCUT2D eigenvalue weighted by Gasteiger charge is -2.37. The highest BCUT2D eigenvalue weighted by molar-refractivity contribution is 5.81. The average molecular weight is 311 g/mol. The molecule has 8 heteroatoms. The second-order valence-corrected chi connectivity index (χ2v) is 5.18. The molecule has 0 bridgehead atoms. The summed E-state index contributed by atoms with van der Waals surface area (Å²) >= 11 is 0. The number of halogens is 3. The Labute approximate surface area is 121 Å². The molecule has 122 valence electrons. The van der Waals surface area contributed by atoms with Gasteiger partial charge in [0.25, 0.3) is 5.91 Å². The van der Waals surface area contributed by atoms with Crippen LogP contribution in [-0.4, -0.2) is 53.4 Å². The number of carboxylic acids is 1. The number of likely N-dealkylation sites (tertiary alicyclic amines) is 1. The zero-order valence-electron chi connectivity index (χ0n) is 11.9. The van der Waals surface area contributed by atoms with E-state index in [9.17, 15) is 22.8 Å². The summed E-state index contributed by atoms with van der Waals surface area (Å²) < 4.78 is 40.8. The highest BCUT2D eigenvalue weighted by Gasteiger charge is 2.33. The SMILES string of the molecule is CC(OCC(F)(F)F)C(=O)N1CCCCC1CCC(=O)O. The average Bonchev–Trinajstić information content (AvgIpc) is 2.41. The van der Waals surface area contributed by atoms with Crippen molar-refractivity contribution in [2.24, 2.45) is 0 Å². The second-order valence-electron chi connectivity index (χ2n) is 5.18. The van der Waals surface area contributed by atoms with Crippen LogP contribution in [0.5, 0.6) is 0 Å². The van der Waals surface area contributed by atoms with E-state index in [0.717, 1.165) is 12.8 Å². The normalized spacial score (nSPS) is 21.1. The minimum atomic E-state index is -4.47. The van der Waals surface area contributed by atoms with Gasteiger partial charge in [-0.2, -0.15) is 13.2 Å². The van der Waals surface area contributed by atoms with E-state index in [1.165, 1.54) is 11.8 Å². The highest BCUT2D eigenvalue weighted by Crippen LogP contribution is 2.23. The monoisotopic (exact) mass is 311 g/mol. The molecule has 2 unspecified atom stereocenters. The van der Waals surface area contributed by atoms with Crippen molar-refractivity contribution in [3.05, 3.63) is 0 Å². The number of amides is 1. The van der Waals surface area contributed by atoms with Crippen molar-refractivity contribution in [2.75, 3.05) is 13.2 Å². The number of nitrogens with zero attached hydrogens (tertiary/aromatic N) is 1. The molecule has 1 amide bonds. The fraction of sp³-hybridized carbons (Fsp3) is 0.846. The van der Waals surface area contributed by atoms with E-state index in [-0.39, 0.29) is 12.5 Å². The third kappa shape index (κ3) is 6.33. The van der Waals surface area contributed by atoms with Crippen LogP contribution in [0.25, 0.3) is 0 Å². The highest BCUT2D eigenvalue weighted by atomic mass is 19.4. The molecular weight excluding hydrogens is 291 g/mol. The van der Waals surface area contributed by atoms with Crippen LogP contribution in [-0.2, 0) is 14.3 Å². The molecule has 5 nitrogen and oxygen atoms in total. The maximum Gasteiger partial charge on any atom is 0.411 e. The molecule has 2 atom stereocenters. The predicted molar refractivity (Wildman–Crippen MR) is 67.7 cm³/mol. The van der Waals surface area contributed by atoms with Gasteiger partial charge in [0.2, 0.25) is 0 Å². The first-order valence-electron chi connectivity index (χ1n) is 6.91. The summed E-state index contributed by atoms with van der Waals surface area (Å²) in [5, 5.41) is 8.70. The van der Waals surface area contributed by atoms with E-state index >= 15 is 0 Å². The van der Waals surface area contributed by atoms with Gasteiger partial charge in [-0.25, -0.2) is 0 Å². The van der Waals surface area contributed by atoms with Crippen LogP contribution in [0.4, 0.5) is 13.2 Å². The Balaban J connectivity index is 2.57. The van der Waals surface area contributed by atoms with E-state index < -0.39 is 30.8 Å². The number of carbonyl (C=O) groups excluding carboxylic acids is 1. The first kappa shape index (κ1) is 17.7. The van der Waals surface area contributed by atoms with Crippen LogP contribution in [0.1, 0.15) is 39.0 Å². The summed E-state index contributed by atoms with van der Waals surface area (Å²) in [6.45, 7) is 0.257. The number of rotatable bonds is 6. The lowest BCUT2D eigenvalue weighted by molar-refractivity contribution is -0.189. The van der Waals surface area contributed by atoms with Crippen LogP contribution in [0.2, 0.25) is 0 Å². The van der Waals surface area contributed by atoms with Crippen molar-refractivity contribution in [3.63, 3.8) is 0 Å². The van der Waals surface area contributed by atoms with Gasteiger partial charge >= 0.3 is 12.1 Å².